The summed E-state index contributed by atoms with van der Waals surface area (Å²) in [7, 11) is -4.51. The van der Waals surface area contributed by atoms with Crippen LogP contribution in [-0.2, 0) is 71.5 Å². The number of carbonyl (C=O) groups excluding carboxylic acids is 10. The third-order valence-corrected chi connectivity index (χ3v) is 22.1. The van der Waals surface area contributed by atoms with Gasteiger partial charge in [0.25, 0.3) is 10.1 Å². The molecule has 37 heteroatoms. The Morgan fingerprint density at radius 2 is 0.669 bits per heavy atom. The molecule has 0 heterocycles. The molecule has 5 aliphatic carbocycles. The van der Waals surface area contributed by atoms with Crippen LogP contribution in [0.15, 0.2) is 126 Å². The molecule has 0 N–H and O–H groups in total. The number of fused-ring (bicyclic) bond motifs is 1. The zero-order valence-electron chi connectivity index (χ0n) is 70.5. The van der Waals surface area contributed by atoms with Gasteiger partial charge in [-0.1, -0.05) is 186 Å². The molecule has 5 aliphatic rings. The molecule has 24 nitrogen and oxygen atoms in total. The van der Waals surface area contributed by atoms with Gasteiger partial charge in [-0.2, -0.15) is 61.1 Å². The molecule has 5 fully saturated rings. The highest BCUT2D eigenvalue weighted by atomic mass is 32.2. The topological polar surface area (TPSA) is 399 Å². The van der Waals surface area contributed by atoms with Crippen molar-refractivity contribution in [1.82, 2.24) is 0 Å². The number of hydrogen-bond donors (Lipinski definition) is 0. The van der Waals surface area contributed by atoms with E-state index >= 15 is 0 Å². The van der Waals surface area contributed by atoms with Crippen molar-refractivity contribution in [3.63, 3.8) is 0 Å². The van der Waals surface area contributed by atoms with E-state index in [2.05, 4.69) is 13.7 Å². The van der Waals surface area contributed by atoms with Crippen LogP contribution in [0.1, 0.15) is 202 Å². The van der Waals surface area contributed by atoms with Crippen LogP contribution in [0, 0.1) is 72.5 Å². The number of alkyl halides is 12. The highest BCUT2D eigenvalue weighted by Crippen LogP contribution is 2.61. The molecule has 6 atom stereocenters. The number of esters is 4. The standard InChI is InChI=1S/C18H26F2O4.C17H16F2O4.C14H16F2O4.C13H16F2O5S.C13H14F2O4.C12H20F2O3/c1-10(2)15(18(19,20)16(22)23)24-14(21)9-17-6-11-3-12(7-17)5-13(4-11)8-17;1-10(2)14(17(18,19)16(21)22)23-15(20)13-8-7-11-5-3-4-6-12(11)9-13;1-8(2)11(14(15,16)13(18)19)20-12(17)10-6-4-9(3)5-7-10;1-8(2)11(13(14,15)12(16)17)20-21(18,19)10-6-4-9(3)5-7-10;1-8(2)10(13(14,15)12(17)18)19-11(16)9-6-4-3-5-7-9;1-8(2)10(12(13,14)11(15)16)17-9-6-4-3-5-7-9/h10-13,15H,3-9H2,1-2H3,(H,22,23);3-10,14H,1-2H3,(H,21,22);4-8,11H,1-3H3,(H,18,19);4-8,11H,1-3H3,(H,16,17);3-8,10H,1-2H3,(H,17,18);8-10H,3-7H2,1-2H3,(H,15,16)/p-6. The van der Waals surface area contributed by atoms with Crippen molar-refractivity contribution in [1.29, 1.82) is 0 Å². The van der Waals surface area contributed by atoms with E-state index in [9.17, 15) is 140 Å². The van der Waals surface area contributed by atoms with Gasteiger partial charge in [-0.25, -0.2) is 14.4 Å². The summed E-state index contributed by atoms with van der Waals surface area (Å²) < 4.78 is 215. The molecular formula is C87H102F12O24S-6. The molecule has 5 aromatic rings. The summed E-state index contributed by atoms with van der Waals surface area (Å²) in [5.74, 6) is -47.3. The van der Waals surface area contributed by atoms with Gasteiger partial charge < -0.3 is 83.1 Å². The van der Waals surface area contributed by atoms with E-state index in [1.165, 1.54) is 175 Å². The van der Waals surface area contributed by atoms with Gasteiger partial charge in [0.05, 0.1) is 34.1 Å². The Labute approximate surface area is 710 Å². The predicted octanol–water partition coefficient (Wildman–Crippen LogP) is 10.6. The highest BCUT2D eigenvalue weighted by Gasteiger charge is 2.55. The molecule has 0 spiro atoms. The van der Waals surface area contributed by atoms with Crippen LogP contribution in [-0.4, -0.2) is 146 Å². The van der Waals surface area contributed by atoms with Gasteiger partial charge in [0.15, 0.2) is 24.4 Å². The van der Waals surface area contributed by atoms with Crippen LogP contribution in [0.25, 0.3) is 10.8 Å². The van der Waals surface area contributed by atoms with Crippen LogP contribution in [0.5, 0.6) is 0 Å². The average Bonchev–Trinajstić information content (AvgIpc) is 0.745. The number of benzene rings is 5. The number of carboxylic acid groups (broad SMARTS) is 6. The monoisotopic (exact) mass is 1790 g/mol. The van der Waals surface area contributed by atoms with E-state index in [1.54, 1.807) is 50.2 Å². The SMILES string of the molecule is CC(C)C(OC(=O)CC12CC3CC(CC(C3)C1)C2)C(F)(F)C(=O)[O-].CC(C)C(OC(=O)c1ccc2ccccc2c1)C(F)(F)C(=O)[O-].CC(C)C(OC(=O)c1ccccc1)C(F)(F)C(=O)[O-].CC(C)C(OC1CCCCC1)C(F)(F)C(=O)[O-].Cc1ccc(C(=O)OC(C(C)C)C(F)(F)C(=O)[O-])cc1.Cc1ccc(S(=O)(=O)OC(C(C)C)C(F)(F)C(=O)[O-])cc1. The lowest BCUT2D eigenvalue weighted by Gasteiger charge is -2.56. The van der Waals surface area contributed by atoms with Crippen LogP contribution in [0.4, 0.5) is 52.7 Å². The summed E-state index contributed by atoms with van der Waals surface area (Å²) in [5.41, 5.74) is 1.77. The Bertz CT molecular complexity index is 4500. The smallest absolute Gasteiger partial charge is 0.338 e. The molecule has 0 radical (unpaired) electrons. The molecule has 690 valence electrons. The molecule has 0 aliphatic heterocycles. The normalized spacial score (nSPS) is 18.7. The van der Waals surface area contributed by atoms with Crippen molar-refractivity contribution in [2.24, 2.45) is 58.7 Å². The van der Waals surface area contributed by atoms with Crippen LogP contribution in [0.3, 0.4) is 0 Å². The quantitative estimate of drug-likeness (QED) is 0.0167. The lowest BCUT2D eigenvalue weighted by molar-refractivity contribution is -0.341. The Hall–Kier alpha value is -9.91. The Morgan fingerprint density at radius 3 is 1.02 bits per heavy atom. The van der Waals surface area contributed by atoms with Crippen molar-refractivity contribution >= 4 is 80.6 Å². The zero-order valence-corrected chi connectivity index (χ0v) is 71.3. The number of aryl methyl sites for hydroxylation is 2. The van der Waals surface area contributed by atoms with Crippen LogP contribution >= 0.6 is 0 Å². The summed E-state index contributed by atoms with van der Waals surface area (Å²) in [6.45, 7) is 19.9. The maximum atomic E-state index is 13.8. The molecule has 6 unspecified atom stereocenters. The lowest BCUT2D eigenvalue weighted by Crippen LogP contribution is -2.54. The van der Waals surface area contributed by atoms with Crippen molar-refractivity contribution in [2.45, 2.75) is 257 Å². The first-order valence-electron chi connectivity index (χ1n) is 39.7. The van der Waals surface area contributed by atoms with E-state index < -0.39 is 177 Å². The molecule has 0 amide bonds. The highest BCUT2D eigenvalue weighted by molar-refractivity contribution is 7.86. The first-order chi connectivity index (χ1) is 57.1. The fourth-order valence-electron chi connectivity index (χ4n) is 14.9. The minimum absolute atomic E-state index is 0.0716. The molecule has 10 rings (SSSR count). The second-order valence-electron chi connectivity index (χ2n) is 33.3. The molecule has 124 heavy (non-hydrogen) atoms. The summed E-state index contributed by atoms with van der Waals surface area (Å²) in [4.78, 5) is 111. The first-order valence-corrected chi connectivity index (χ1v) is 41.2. The van der Waals surface area contributed by atoms with Gasteiger partial charge in [0, 0.05) is 0 Å². The first kappa shape index (κ1) is 106. The van der Waals surface area contributed by atoms with Crippen molar-refractivity contribution in [2.75, 3.05) is 0 Å². The molecule has 4 bridgehead atoms. The molecule has 5 saturated carbocycles. The van der Waals surface area contributed by atoms with E-state index in [4.69, 9.17) is 14.2 Å². The fourth-order valence-corrected chi connectivity index (χ4v) is 16.1. The van der Waals surface area contributed by atoms with Crippen LogP contribution < -0.4 is 30.6 Å². The minimum Gasteiger partial charge on any atom is -0.544 e. The summed E-state index contributed by atoms with van der Waals surface area (Å²) >= 11 is 0. The van der Waals surface area contributed by atoms with Crippen LogP contribution in [0.2, 0.25) is 0 Å². The number of rotatable bonds is 32. The second-order valence-corrected chi connectivity index (χ2v) is 34.9. The molecular weight excluding hydrogens is 1690 g/mol. The van der Waals surface area contributed by atoms with E-state index in [1.807, 2.05) is 12.1 Å². The molecule has 0 aromatic heterocycles. The predicted molar refractivity (Wildman–Crippen MR) is 408 cm³/mol. The van der Waals surface area contributed by atoms with Gasteiger partial charge in [-0.3, -0.25) is 8.98 Å². The maximum Gasteiger partial charge on any atom is 0.338 e. The fraction of sp³-hybridized carbons (Fsp3) is 0.563. The number of ether oxygens (including phenoxy) is 5. The number of carbonyl (C=O) groups is 10. The van der Waals surface area contributed by atoms with Crippen molar-refractivity contribution in [3.05, 3.63) is 149 Å². The van der Waals surface area contributed by atoms with E-state index in [-0.39, 0.29) is 39.5 Å². The van der Waals surface area contributed by atoms with Gasteiger partial charge in [0.1, 0.15) is 48.0 Å². The second kappa shape index (κ2) is 44.8. The lowest BCUT2D eigenvalue weighted by atomic mass is 9.49. The zero-order chi connectivity index (χ0) is 94.5. The number of halogens is 12. The number of aliphatic carboxylic acids is 6. The third kappa shape index (κ3) is 29.4. The Balaban J connectivity index is 0.000000313. The van der Waals surface area contributed by atoms with Gasteiger partial charge in [0.2, 0.25) is 0 Å². The van der Waals surface area contributed by atoms with Crippen molar-refractivity contribution in [3.8, 4) is 0 Å². The van der Waals surface area contributed by atoms with Crippen molar-refractivity contribution < 1.29 is 168 Å². The molecule has 0 saturated heterocycles. The average molecular weight is 1790 g/mol. The van der Waals surface area contributed by atoms with Gasteiger partial charge >= 0.3 is 59.4 Å². The number of carboxylic acids is 6. The summed E-state index contributed by atoms with van der Waals surface area (Å²) in [6, 6.07) is 30.7. The van der Waals surface area contributed by atoms with Gasteiger partial charge in [-0.05, 0) is 183 Å². The number of hydrogen-bond acceptors (Lipinski definition) is 24. The van der Waals surface area contributed by atoms with E-state index in [0.717, 1.165) is 73.3 Å². The molecule has 5 aromatic carbocycles. The van der Waals surface area contributed by atoms with E-state index in [0.29, 0.717) is 17.8 Å². The van der Waals surface area contributed by atoms with Gasteiger partial charge in [-0.15, -0.1) is 0 Å². The largest absolute Gasteiger partial charge is 0.544 e. The Morgan fingerprint density at radius 1 is 0.371 bits per heavy atom. The maximum absolute atomic E-state index is 13.8. The Kier molecular flexibility index (Phi) is 38.5. The minimum atomic E-state index is -4.51. The summed E-state index contributed by atoms with van der Waals surface area (Å²) in [6.07, 6.45) is -1.29. The third-order valence-electron chi connectivity index (χ3n) is 20.8. The summed E-state index contributed by atoms with van der Waals surface area (Å²) in [5, 5.41) is 64.8.